The van der Waals surface area contributed by atoms with Crippen molar-refractivity contribution in [2.75, 3.05) is 0 Å². The standard InChI is InChI=1S/C9H11N3/c1-6-4-10-9-8(7(6)2)12(3)5-11-9/h4-5H,1-3H3. The Labute approximate surface area is 71.1 Å². The largest absolute Gasteiger partial charge is 0.332 e. The van der Waals surface area contributed by atoms with Crippen LogP contribution in [0.4, 0.5) is 0 Å². The average molecular weight is 161 g/mol. The molecule has 0 aliphatic heterocycles. The van der Waals surface area contributed by atoms with Crippen LogP contribution in [0.1, 0.15) is 11.1 Å². The van der Waals surface area contributed by atoms with Gasteiger partial charge in [0.2, 0.25) is 0 Å². The van der Waals surface area contributed by atoms with E-state index in [9.17, 15) is 0 Å². The van der Waals surface area contributed by atoms with Crippen molar-refractivity contribution in [1.29, 1.82) is 0 Å². The van der Waals surface area contributed by atoms with Crippen LogP contribution in [0.25, 0.3) is 11.2 Å². The summed E-state index contributed by atoms with van der Waals surface area (Å²) in [5.41, 5.74) is 4.45. The molecule has 0 atom stereocenters. The number of imidazole rings is 1. The van der Waals surface area contributed by atoms with Crippen molar-refractivity contribution >= 4 is 11.2 Å². The second-order valence-corrected chi connectivity index (χ2v) is 3.09. The Morgan fingerprint density at radius 3 is 2.75 bits per heavy atom. The van der Waals surface area contributed by atoms with Crippen molar-refractivity contribution in [3.8, 4) is 0 Å². The number of pyridine rings is 1. The minimum absolute atomic E-state index is 0.834. The quantitative estimate of drug-likeness (QED) is 0.587. The second-order valence-electron chi connectivity index (χ2n) is 3.09. The molecular weight excluding hydrogens is 150 g/mol. The fourth-order valence-electron chi connectivity index (χ4n) is 1.39. The summed E-state index contributed by atoms with van der Waals surface area (Å²) < 4.78 is 2.00. The Kier molecular flexibility index (Phi) is 1.40. The van der Waals surface area contributed by atoms with E-state index in [-0.39, 0.29) is 0 Å². The molecule has 2 aromatic rings. The first-order valence-corrected chi connectivity index (χ1v) is 3.93. The summed E-state index contributed by atoms with van der Waals surface area (Å²) in [7, 11) is 1.99. The molecule has 2 rings (SSSR count). The smallest absolute Gasteiger partial charge is 0.177 e. The Bertz CT molecular complexity index is 429. The van der Waals surface area contributed by atoms with Crippen LogP contribution in [0.15, 0.2) is 12.5 Å². The number of hydrogen-bond acceptors (Lipinski definition) is 2. The number of rotatable bonds is 0. The van der Waals surface area contributed by atoms with Crippen LogP contribution in [0.5, 0.6) is 0 Å². The molecule has 0 aliphatic rings. The number of hydrogen-bond donors (Lipinski definition) is 0. The van der Waals surface area contributed by atoms with Gasteiger partial charge in [-0.25, -0.2) is 9.97 Å². The molecule has 0 aliphatic carbocycles. The van der Waals surface area contributed by atoms with E-state index in [1.54, 1.807) is 6.33 Å². The summed E-state index contributed by atoms with van der Waals surface area (Å²) in [6.07, 6.45) is 3.66. The highest BCUT2D eigenvalue weighted by atomic mass is 15.1. The third-order valence-electron chi connectivity index (χ3n) is 2.24. The predicted octanol–water partition coefficient (Wildman–Crippen LogP) is 1.59. The first kappa shape index (κ1) is 7.28. The van der Waals surface area contributed by atoms with Crippen molar-refractivity contribution in [2.45, 2.75) is 13.8 Å². The molecule has 0 unspecified atom stereocenters. The maximum Gasteiger partial charge on any atom is 0.177 e. The minimum atomic E-state index is 0.834. The number of nitrogens with zero attached hydrogens (tertiary/aromatic N) is 3. The third-order valence-corrected chi connectivity index (χ3v) is 2.24. The van der Waals surface area contributed by atoms with Crippen LogP contribution in [0.2, 0.25) is 0 Å². The molecule has 0 saturated carbocycles. The predicted molar refractivity (Wildman–Crippen MR) is 48.0 cm³/mol. The van der Waals surface area contributed by atoms with Crippen molar-refractivity contribution in [2.24, 2.45) is 7.05 Å². The normalized spacial score (nSPS) is 10.9. The first-order chi connectivity index (χ1) is 5.70. The maximum atomic E-state index is 4.23. The van der Waals surface area contributed by atoms with Gasteiger partial charge in [-0.3, -0.25) is 0 Å². The van der Waals surface area contributed by atoms with Crippen molar-refractivity contribution in [3.63, 3.8) is 0 Å². The van der Waals surface area contributed by atoms with Crippen molar-refractivity contribution in [3.05, 3.63) is 23.7 Å². The second kappa shape index (κ2) is 2.30. The molecule has 0 aromatic carbocycles. The van der Waals surface area contributed by atoms with E-state index in [0.29, 0.717) is 0 Å². The molecule has 0 spiro atoms. The Hall–Kier alpha value is -1.38. The fourth-order valence-corrected chi connectivity index (χ4v) is 1.39. The van der Waals surface area contributed by atoms with Crippen LogP contribution in [-0.4, -0.2) is 14.5 Å². The summed E-state index contributed by atoms with van der Waals surface area (Å²) >= 11 is 0. The van der Waals surface area contributed by atoms with Gasteiger partial charge in [0.25, 0.3) is 0 Å². The molecule has 0 amide bonds. The lowest BCUT2D eigenvalue weighted by molar-refractivity contribution is 0.942. The molecule has 3 heteroatoms. The van der Waals surface area contributed by atoms with E-state index in [4.69, 9.17) is 0 Å². The van der Waals surface area contributed by atoms with Crippen LogP contribution >= 0.6 is 0 Å². The Balaban J connectivity index is 2.96. The summed E-state index contributed by atoms with van der Waals surface area (Å²) in [4.78, 5) is 8.40. The summed E-state index contributed by atoms with van der Waals surface area (Å²) in [6.45, 7) is 4.16. The van der Waals surface area contributed by atoms with E-state index in [0.717, 1.165) is 11.2 Å². The minimum Gasteiger partial charge on any atom is -0.332 e. The van der Waals surface area contributed by atoms with Gasteiger partial charge in [-0.05, 0) is 25.0 Å². The molecule has 0 fully saturated rings. The highest BCUT2D eigenvalue weighted by molar-refractivity contribution is 5.75. The Morgan fingerprint density at radius 1 is 1.25 bits per heavy atom. The number of fused-ring (bicyclic) bond motifs is 1. The molecule has 2 heterocycles. The highest BCUT2D eigenvalue weighted by Gasteiger charge is 2.05. The zero-order valence-corrected chi connectivity index (χ0v) is 7.50. The Morgan fingerprint density at radius 2 is 2.00 bits per heavy atom. The SMILES string of the molecule is Cc1cnc2ncn(C)c2c1C. The lowest BCUT2D eigenvalue weighted by Crippen LogP contribution is -1.91. The van der Waals surface area contributed by atoms with E-state index in [1.807, 2.05) is 17.8 Å². The van der Waals surface area contributed by atoms with E-state index < -0.39 is 0 Å². The topological polar surface area (TPSA) is 30.7 Å². The van der Waals surface area contributed by atoms with E-state index in [2.05, 4.69) is 23.8 Å². The van der Waals surface area contributed by atoms with Crippen molar-refractivity contribution in [1.82, 2.24) is 14.5 Å². The highest BCUT2D eigenvalue weighted by Crippen LogP contribution is 2.16. The van der Waals surface area contributed by atoms with Gasteiger partial charge >= 0.3 is 0 Å². The molecule has 0 radical (unpaired) electrons. The van der Waals surface area contributed by atoms with Crippen LogP contribution < -0.4 is 0 Å². The average Bonchev–Trinajstić information content (AvgIpc) is 2.41. The van der Waals surface area contributed by atoms with Gasteiger partial charge < -0.3 is 4.57 Å². The summed E-state index contributed by atoms with van der Waals surface area (Å²) in [5.74, 6) is 0. The number of aromatic nitrogens is 3. The molecular formula is C9H11N3. The molecule has 0 saturated heterocycles. The van der Waals surface area contributed by atoms with Gasteiger partial charge in [0, 0.05) is 13.2 Å². The summed E-state index contributed by atoms with van der Waals surface area (Å²) in [6, 6.07) is 0. The van der Waals surface area contributed by atoms with Crippen molar-refractivity contribution < 1.29 is 0 Å². The van der Waals surface area contributed by atoms with Crippen LogP contribution in [-0.2, 0) is 7.05 Å². The molecule has 0 bridgehead atoms. The van der Waals surface area contributed by atoms with Crippen LogP contribution in [0.3, 0.4) is 0 Å². The van der Waals surface area contributed by atoms with Gasteiger partial charge in [-0.1, -0.05) is 0 Å². The van der Waals surface area contributed by atoms with Gasteiger partial charge in [0.15, 0.2) is 5.65 Å². The van der Waals surface area contributed by atoms with Gasteiger partial charge in [0.1, 0.15) is 0 Å². The zero-order valence-electron chi connectivity index (χ0n) is 7.50. The number of aryl methyl sites for hydroxylation is 3. The van der Waals surface area contributed by atoms with Gasteiger partial charge in [-0.2, -0.15) is 0 Å². The zero-order chi connectivity index (χ0) is 8.72. The van der Waals surface area contributed by atoms with E-state index >= 15 is 0 Å². The fraction of sp³-hybridized carbons (Fsp3) is 0.333. The van der Waals surface area contributed by atoms with Crippen LogP contribution in [0, 0.1) is 13.8 Å². The molecule has 3 nitrogen and oxygen atoms in total. The molecule has 0 N–H and O–H groups in total. The molecule has 12 heavy (non-hydrogen) atoms. The lowest BCUT2D eigenvalue weighted by Gasteiger charge is -2.01. The molecule has 62 valence electrons. The third kappa shape index (κ3) is 0.826. The maximum absolute atomic E-state index is 4.23. The van der Waals surface area contributed by atoms with E-state index in [1.165, 1.54) is 11.1 Å². The van der Waals surface area contributed by atoms with Gasteiger partial charge in [0.05, 0.1) is 11.8 Å². The molecule has 2 aromatic heterocycles. The summed E-state index contributed by atoms with van der Waals surface area (Å²) in [5, 5.41) is 0. The first-order valence-electron chi connectivity index (χ1n) is 3.93. The monoisotopic (exact) mass is 161 g/mol. The lowest BCUT2D eigenvalue weighted by atomic mass is 10.1. The van der Waals surface area contributed by atoms with Gasteiger partial charge in [-0.15, -0.1) is 0 Å².